The molecule has 3 rings (SSSR count). The summed E-state index contributed by atoms with van der Waals surface area (Å²) < 4.78 is 6.71. The molecule has 1 heterocycles. The summed E-state index contributed by atoms with van der Waals surface area (Å²) in [5.41, 5.74) is 4.46. The molecule has 2 aromatic carbocycles. The summed E-state index contributed by atoms with van der Waals surface area (Å²) >= 11 is 3.39. The number of furan rings is 1. The van der Waals surface area contributed by atoms with Crippen LogP contribution in [0, 0.1) is 10.1 Å². The van der Waals surface area contributed by atoms with Crippen LogP contribution in [0.5, 0.6) is 0 Å². The Hall–Kier alpha value is -2.93. The molecule has 3 aromatic rings. The molecular formula is C17H12BrN3O3. The van der Waals surface area contributed by atoms with Gasteiger partial charge in [-0.25, -0.2) is 0 Å². The smallest absolute Gasteiger partial charge is 0.269 e. The molecule has 24 heavy (non-hydrogen) atoms. The fraction of sp³-hybridized carbons (Fsp3) is 0. The number of hydrazone groups is 1. The number of nitro groups is 1. The van der Waals surface area contributed by atoms with E-state index in [0.717, 1.165) is 15.8 Å². The maximum atomic E-state index is 10.6. The summed E-state index contributed by atoms with van der Waals surface area (Å²) in [5, 5.41) is 14.7. The van der Waals surface area contributed by atoms with E-state index in [2.05, 4.69) is 26.5 Å². The van der Waals surface area contributed by atoms with Crippen molar-refractivity contribution in [1.29, 1.82) is 0 Å². The second kappa shape index (κ2) is 7.10. The van der Waals surface area contributed by atoms with E-state index >= 15 is 0 Å². The standard InChI is InChI=1S/C17H12BrN3O3/c18-13-3-1-12(2-4-13)17-10-9-16(24-17)11-19-20-14-5-7-15(8-6-14)21(22)23/h1-11,20H/b19-11+. The molecular weight excluding hydrogens is 374 g/mol. The number of anilines is 1. The van der Waals surface area contributed by atoms with Crippen molar-refractivity contribution in [2.75, 3.05) is 5.43 Å². The fourth-order valence-electron chi connectivity index (χ4n) is 2.02. The first-order chi connectivity index (χ1) is 11.6. The van der Waals surface area contributed by atoms with Crippen molar-refractivity contribution in [2.24, 2.45) is 5.10 Å². The number of halogens is 1. The maximum Gasteiger partial charge on any atom is 0.269 e. The Labute approximate surface area is 146 Å². The molecule has 0 amide bonds. The van der Waals surface area contributed by atoms with Crippen molar-refractivity contribution < 1.29 is 9.34 Å². The molecule has 0 saturated heterocycles. The van der Waals surface area contributed by atoms with Crippen LogP contribution in [0.2, 0.25) is 0 Å². The van der Waals surface area contributed by atoms with Crippen molar-refractivity contribution in [3.63, 3.8) is 0 Å². The summed E-state index contributed by atoms with van der Waals surface area (Å²) in [6.45, 7) is 0. The zero-order valence-corrected chi connectivity index (χ0v) is 13.9. The second-order valence-electron chi connectivity index (χ2n) is 4.88. The third-order valence-electron chi connectivity index (χ3n) is 3.22. The number of non-ortho nitro benzene ring substituents is 1. The normalized spacial score (nSPS) is 10.9. The lowest BCUT2D eigenvalue weighted by molar-refractivity contribution is -0.384. The fourth-order valence-corrected chi connectivity index (χ4v) is 2.28. The molecule has 1 N–H and O–H groups in total. The van der Waals surface area contributed by atoms with Crippen molar-refractivity contribution in [3.05, 3.63) is 81.0 Å². The number of rotatable bonds is 5. The highest BCUT2D eigenvalue weighted by Gasteiger charge is 2.04. The molecule has 7 heteroatoms. The number of hydrogen-bond acceptors (Lipinski definition) is 5. The second-order valence-corrected chi connectivity index (χ2v) is 5.80. The molecule has 0 saturated carbocycles. The van der Waals surface area contributed by atoms with Crippen molar-refractivity contribution >= 4 is 33.5 Å². The summed E-state index contributed by atoms with van der Waals surface area (Å²) in [6.07, 6.45) is 1.55. The van der Waals surface area contributed by atoms with Crippen LogP contribution < -0.4 is 5.43 Å². The van der Waals surface area contributed by atoms with Gasteiger partial charge in [0.05, 0.1) is 16.8 Å². The highest BCUT2D eigenvalue weighted by molar-refractivity contribution is 9.10. The molecule has 6 nitrogen and oxygen atoms in total. The van der Waals surface area contributed by atoms with Crippen LogP contribution in [0.3, 0.4) is 0 Å². The third kappa shape index (κ3) is 3.88. The predicted molar refractivity (Wildman–Crippen MR) is 96.2 cm³/mol. The van der Waals surface area contributed by atoms with Gasteiger partial charge in [-0.2, -0.15) is 5.10 Å². The molecule has 0 unspecified atom stereocenters. The Morgan fingerprint density at radius 3 is 2.42 bits per heavy atom. The minimum Gasteiger partial charge on any atom is -0.455 e. The Morgan fingerprint density at radius 2 is 1.75 bits per heavy atom. The van der Waals surface area contributed by atoms with Crippen LogP contribution in [0.1, 0.15) is 5.76 Å². The van der Waals surface area contributed by atoms with Gasteiger partial charge in [0.25, 0.3) is 5.69 Å². The zero-order valence-electron chi connectivity index (χ0n) is 12.3. The number of nitrogens with zero attached hydrogens (tertiary/aromatic N) is 2. The molecule has 0 atom stereocenters. The molecule has 0 bridgehead atoms. The molecule has 0 radical (unpaired) electrons. The Bertz CT molecular complexity index is 871. The first-order valence-electron chi connectivity index (χ1n) is 7.01. The quantitative estimate of drug-likeness (QED) is 0.377. The van der Waals surface area contributed by atoms with Gasteiger partial charge in [-0.1, -0.05) is 28.1 Å². The number of nitro benzene ring substituents is 1. The minimum atomic E-state index is -0.445. The van der Waals surface area contributed by atoms with Crippen LogP contribution in [-0.2, 0) is 0 Å². The summed E-state index contributed by atoms with van der Waals surface area (Å²) in [4.78, 5) is 10.1. The van der Waals surface area contributed by atoms with Crippen LogP contribution in [0.15, 0.2) is 74.7 Å². The monoisotopic (exact) mass is 385 g/mol. The number of nitrogens with one attached hydrogen (secondary N) is 1. The van der Waals surface area contributed by atoms with Crippen molar-refractivity contribution in [1.82, 2.24) is 0 Å². The highest BCUT2D eigenvalue weighted by Crippen LogP contribution is 2.23. The van der Waals surface area contributed by atoms with Gasteiger partial charge in [-0.15, -0.1) is 0 Å². The van der Waals surface area contributed by atoms with E-state index in [9.17, 15) is 10.1 Å². The van der Waals surface area contributed by atoms with Gasteiger partial charge in [0, 0.05) is 22.2 Å². The minimum absolute atomic E-state index is 0.0368. The van der Waals surface area contributed by atoms with Crippen LogP contribution in [0.25, 0.3) is 11.3 Å². The SMILES string of the molecule is O=[N+]([O-])c1ccc(N/N=C/c2ccc(-c3ccc(Br)cc3)o2)cc1. The van der Waals surface area contributed by atoms with Gasteiger partial charge < -0.3 is 4.42 Å². The number of benzene rings is 2. The van der Waals surface area contributed by atoms with Gasteiger partial charge in [0.2, 0.25) is 0 Å². The van der Waals surface area contributed by atoms with Crippen LogP contribution in [-0.4, -0.2) is 11.1 Å². The Morgan fingerprint density at radius 1 is 1.04 bits per heavy atom. The van der Waals surface area contributed by atoms with Crippen LogP contribution >= 0.6 is 15.9 Å². The van der Waals surface area contributed by atoms with Gasteiger partial charge in [0.1, 0.15) is 11.5 Å². The highest BCUT2D eigenvalue weighted by atomic mass is 79.9. The lowest BCUT2D eigenvalue weighted by Crippen LogP contribution is -1.91. The largest absolute Gasteiger partial charge is 0.455 e. The van der Waals surface area contributed by atoms with Gasteiger partial charge in [-0.05, 0) is 36.4 Å². The molecule has 0 aliphatic rings. The van der Waals surface area contributed by atoms with E-state index in [1.165, 1.54) is 12.1 Å². The summed E-state index contributed by atoms with van der Waals surface area (Å²) in [6, 6.07) is 17.5. The number of hydrogen-bond donors (Lipinski definition) is 1. The van der Waals surface area contributed by atoms with E-state index in [0.29, 0.717) is 11.4 Å². The molecule has 0 fully saturated rings. The molecule has 0 aliphatic carbocycles. The predicted octanol–water partition coefficient (Wildman–Crippen LogP) is 5.06. The third-order valence-corrected chi connectivity index (χ3v) is 3.75. The Kier molecular flexibility index (Phi) is 4.72. The zero-order chi connectivity index (χ0) is 16.9. The topological polar surface area (TPSA) is 80.7 Å². The van der Waals surface area contributed by atoms with Crippen molar-refractivity contribution in [2.45, 2.75) is 0 Å². The first-order valence-corrected chi connectivity index (χ1v) is 7.80. The average molecular weight is 386 g/mol. The maximum absolute atomic E-state index is 10.6. The molecule has 0 aliphatic heterocycles. The van der Waals surface area contributed by atoms with E-state index in [1.807, 2.05) is 36.4 Å². The molecule has 120 valence electrons. The lowest BCUT2D eigenvalue weighted by atomic mass is 10.2. The molecule has 1 aromatic heterocycles. The molecule has 0 spiro atoms. The Balaban J connectivity index is 1.65. The van der Waals surface area contributed by atoms with Gasteiger partial charge >= 0.3 is 0 Å². The lowest BCUT2D eigenvalue weighted by Gasteiger charge is -1.98. The first kappa shape index (κ1) is 15.9. The summed E-state index contributed by atoms with van der Waals surface area (Å²) in [5.74, 6) is 1.35. The van der Waals surface area contributed by atoms with Crippen molar-refractivity contribution in [3.8, 4) is 11.3 Å². The average Bonchev–Trinajstić information content (AvgIpc) is 3.05. The van der Waals surface area contributed by atoms with E-state index in [4.69, 9.17) is 4.42 Å². The summed E-state index contributed by atoms with van der Waals surface area (Å²) in [7, 11) is 0. The van der Waals surface area contributed by atoms with Crippen LogP contribution in [0.4, 0.5) is 11.4 Å². The van der Waals surface area contributed by atoms with Gasteiger partial charge in [-0.3, -0.25) is 15.5 Å². The van der Waals surface area contributed by atoms with E-state index < -0.39 is 4.92 Å². The van der Waals surface area contributed by atoms with Gasteiger partial charge in [0.15, 0.2) is 0 Å². The van der Waals surface area contributed by atoms with E-state index in [-0.39, 0.29) is 5.69 Å². The van der Waals surface area contributed by atoms with E-state index in [1.54, 1.807) is 18.3 Å².